The second kappa shape index (κ2) is 3.04. The van der Waals surface area contributed by atoms with Gasteiger partial charge in [-0.15, -0.1) is 5.10 Å². The third-order valence-electron chi connectivity index (χ3n) is 5.03. The summed E-state index contributed by atoms with van der Waals surface area (Å²) >= 11 is 5.86. The van der Waals surface area contributed by atoms with Crippen LogP contribution in [0.15, 0.2) is 6.33 Å². The molecule has 4 bridgehead atoms. The van der Waals surface area contributed by atoms with Gasteiger partial charge in [0, 0.05) is 5.54 Å². The van der Waals surface area contributed by atoms with Gasteiger partial charge in [0.1, 0.15) is 6.33 Å². The van der Waals surface area contributed by atoms with Crippen LogP contribution in [-0.2, 0) is 5.54 Å². The van der Waals surface area contributed by atoms with Crippen molar-refractivity contribution in [2.75, 3.05) is 0 Å². The van der Waals surface area contributed by atoms with Crippen LogP contribution in [-0.4, -0.2) is 20.3 Å². The van der Waals surface area contributed by atoms with Gasteiger partial charge in [-0.3, -0.25) is 0 Å². The predicted molar refractivity (Wildman–Crippen MR) is 64.6 cm³/mol. The highest BCUT2D eigenvalue weighted by atomic mass is 35.5. The van der Waals surface area contributed by atoms with E-state index in [9.17, 15) is 0 Å². The normalized spacial score (nSPS) is 47.6. The minimum atomic E-state index is 0.0442. The van der Waals surface area contributed by atoms with E-state index in [2.05, 4.69) is 10.1 Å². The number of rotatable bonds is 1. The summed E-state index contributed by atoms with van der Waals surface area (Å²) in [4.78, 5) is 4.07. The quantitative estimate of drug-likeness (QED) is 0.831. The van der Waals surface area contributed by atoms with E-state index in [0.29, 0.717) is 5.28 Å². The van der Waals surface area contributed by atoms with Crippen LogP contribution in [0, 0.1) is 11.8 Å². The fraction of sp³-hybridized carbons (Fsp3) is 0.833. The van der Waals surface area contributed by atoms with Crippen LogP contribution in [0.5, 0.6) is 0 Å². The maximum atomic E-state index is 6.56. The minimum absolute atomic E-state index is 0.0442. The van der Waals surface area contributed by atoms with E-state index < -0.39 is 0 Å². The summed E-state index contributed by atoms with van der Waals surface area (Å²) in [5.41, 5.74) is 6.71. The Morgan fingerprint density at radius 2 is 2.00 bits per heavy atom. The average molecular weight is 253 g/mol. The van der Waals surface area contributed by atoms with Crippen LogP contribution in [0.1, 0.15) is 38.5 Å². The lowest BCUT2D eigenvalue weighted by molar-refractivity contribution is -0.0636. The Morgan fingerprint density at radius 3 is 2.53 bits per heavy atom. The molecule has 0 aromatic carbocycles. The summed E-state index contributed by atoms with van der Waals surface area (Å²) in [6.45, 7) is 0. The maximum Gasteiger partial charge on any atom is 0.242 e. The average Bonchev–Trinajstić information content (AvgIpc) is 2.61. The molecule has 17 heavy (non-hydrogen) atoms. The molecule has 5 heteroatoms. The zero-order chi connectivity index (χ0) is 11.7. The summed E-state index contributed by atoms with van der Waals surface area (Å²) < 4.78 is 2.01. The van der Waals surface area contributed by atoms with Gasteiger partial charge in [0.15, 0.2) is 0 Å². The zero-order valence-corrected chi connectivity index (χ0v) is 10.5. The summed E-state index contributed by atoms with van der Waals surface area (Å²) in [7, 11) is 0. The molecule has 1 heterocycles. The number of hydrogen-bond donors (Lipinski definition) is 1. The Labute approximate surface area is 106 Å². The maximum absolute atomic E-state index is 6.56. The Hall–Kier alpha value is -0.610. The van der Waals surface area contributed by atoms with E-state index in [1.54, 1.807) is 6.33 Å². The second-order valence-corrected chi connectivity index (χ2v) is 6.84. The fourth-order valence-corrected chi connectivity index (χ4v) is 5.15. The molecular weight excluding hydrogens is 236 g/mol. The van der Waals surface area contributed by atoms with Gasteiger partial charge in [-0.05, 0) is 62.0 Å². The standard InChI is InChI=1S/C12H17ClN4/c13-10-15-7-17(16-10)12-4-8-1-9(5-12)3-11(14,2-8)6-12/h7-9H,1-6,14H2/t8-,9-,11?,12?/m0/s1. The largest absolute Gasteiger partial charge is 0.325 e. The summed E-state index contributed by atoms with van der Waals surface area (Å²) in [6.07, 6.45) is 9.03. The van der Waals surface area contributed by atoms with E-state index in [1.807, 2.05) is 4.68 Å². The van der Waals surface area contributed by atoms with E-state index >= 15 is 0 Å². The van der Waals surface area contributed by atoms with Crippen molar-refractivity contribution in [3.8, 4) is 0 Å². The monoisotopic (exact) mass is 252 g/mol. The Kier molecular flexibility index (Phi) is 1.84. The molecule has 0 amide bonds. The first-order valence-corrected chi connectivity index (χ1v) is 6.81. The first-order chi connectivity index (χ1) is 8.07. The number of halogens is 1. The second-order valence-electron chi connectivity index (χ2n) is 6.51. The first kappa shape index (κ1) is 10.3. The van der Waals surface area contributed by atoms with Crippen LogP contribution in [0.25, 0.3) is 0 Å². The van der Waals surface area contributed by atoms with Crippen molar-refractivity contribution in [1.29, 1.82) is 0 Å². The molecule has 2 atom stereocenters. The van der Waals surface area contributed by atoms with Gasteiger partial charge in [0.05, 0.1) is 5.54 Å². The lowest BCUT2D eigenvalue weighted by Gasteiger charge is -2.60. The summed E-state index contributed by atoms with van der Waals surface area (Å²) in [5.74, 6) is 1.56. The molecule has 1 aromatic rings. The van der Waals surface area contributed by atoms with Crippen molar-refractivity contribution in [3.05, 3.63) is 11.6 Å². The predicted octanol–water partition coefficient (Wildman–Crippen LogP) is 1.94. The van der Waals surface area contributed by atoms with Crippen molar-refractivity contribution in [1.82, 2.24) is 14.8 Å². The topological polar surface area (TPSA) is 56.7 Å². The third kappa shape index (κ3) is 1.40. The number of hydrogen-bond acceptors (Lipinski definition) is 3. The van der Waals surface area contributed by atoms with E-state index in [1.165, 1.54) is 32.1 Å². The van der Waals surface area contributed by atoms with Crippen molar-refractivity contribution in [2.24, 2.45) is 17.6 Å². The van der Waals surface area contributed by atoms with Gasteiger partial charge >= 0.3 is 0 Å². The Balaban J connectivity index is 1.79. The Morgan fingerprint density at radius 1 is 1.29 bits per heavy atom. The van der Waals surface area contributed by atoms with Gasteiger partial charge < -0.3 is 5.73 Å². The van der Waals surface area contributed by atoms with Crippen molar-refractivity contribution < 1.29 is 0 Å². The van der Waals surface area contributed by atoms with Crippen LogP contribution in [0.3, 0.4) is 0 Å². The molecule has 0 unspecified atom stereocenters. The molecule has 2 N–H and O–H groups in total. The lowest BCUT2D eigenvalue weighted by Crippen LogP contribution is -2.63. The zero-order valence-electron chi connectivity index (χ0n) is 9.77. The number of nitrogens with two attached hydrogens (primary N) is 1. The van der Waals surface area contributed by atoms with Crippen molar-refractivity contribution in [2.45, 2.75) is 49.6 Å². The third-order valence-corrected chi connectivity index (χ3v) is 5.20. The van der Waals surface area contributed by atoms with Crippen LogP contribution >= 0.6 is 11.6 Å². The van der Waals surface area contributed by atoms with E-state index in [4.69, 9.17) is 17.3 Å². The molecule has 4 aliphatic rings. The number of nitrogens with zero attached hydrogens (tertiary/aromatic N) is 3. The summed E-state index contributed by atoms with van der Waals surface area (Å²) in [5, 5.41) is 4.70. The number of aromatic nitrogens is 3. The van der Waals surface area contributed by atoms with Crippen LogP contribution < -0.4 is 5.73 Å². The molecule has 0 spiro atoms. The van der Waals surface area contributed by atoms with Crippen LogP contribution in [0.4, 0.5) is 0 Å². The molecular formula is C12H17ClN4. The highest BCUT2D eigenvalue weighted by Gasteiger charge is 2.57. The first-order valence-electron chi connectivity index (χ1n) is 6.44. The lowest BCUT2D eigenvalue weighted by atomic mass is 9.50. The molecule has 1 aromatic heterocycles. The molecule has 4 fully saturated rings. The molecule has 92 valence electrons. The van der Waals surface area contributed by atoms with Gasteiger partial charge in [0.25, 0.3) is 0 Å². The van der Waals surface area contributed by atoms with Gasteiger partial charge in [0.2, 0.25) is 5.28 Å². The smallest absolute Gasteiger partial charge is 0.242 e. The molecule has 0 aliphatic heterocycles. The SMILES string of the molecule is NC12C[C@@H]3C[C@@H](C1)CC(n1cnc(Cl)n1)(C3)C2. The molecule has 4 nitrogen and oxygen atoms in total. The molecule has 5 rings (SSSR count). The fourth-order valence-electron chi connectivity index (χ4n) is 5.02. The van der Waals surface area contributed by atoms with Crippen molar-refractivity contribution in [3.63, 3.8) is 0 Å². The summed E-state index contributed by atoms with van der Waals surface area (Å²) in [6, 6.07) is 0. The minimum Gasteiger partial charge on any atom is -0.325 e. The molecule has 4 saturated carbocycles. The Bertz CT molecular complexity index is 455. The molecule has 0 saturated heterocycles. The van der Waals surface area contributed by atoms with E-state index in [0.717, 1.165) is 18.3 Å². The molecule has 0 radical (unpaired) electrons. The van der Waals surface area contributed by atoms with Crippen LogP contribution in [0.2, 0.25) is 5.28 Å². The highest BCUT2D eigenvalue weighted by Crippen LogP contribution is 2.59. The molecule has 4 aliphatic carbocycles. The van der Waals surface area contributed by atoms with Gasteiger partial charge in [-0.25, -0.2) is 9.67 Å². The van der Waals surface area contributed by atoms with Gasteiger partial charge in [-0.2, -0.15) is 0 Å². The van der Waals surface area contributed by atoms with Gasteiger partial charge in [-0.1, -0.05) is 0 Å². The highest BCUT2D eigenvalue weighted by molar-refractivity contribution is 6.28. The van der Waals surface area contributed by atoms with Crippen molar-refractivity contribution >= 4 is 11.6 Å². The van der Waals surface area contributed by atoms with E-state index in [-0.39, 0.29) is 11.1 Å².